The summed E-state index contributed by atoms with van der Waals surface area (Å²) in [6.07, 6.45) is 2.91. The van der Waals surface area contributed by atoms with E-state index in [1.807, 2.05) is 59.5 Å². The highest BCUT2D eigenvalue weighted by molar-refractivity contribution is 8.05. The Morgan fingerprint density at radius 2 is 1.75 bits per heavy atom. The van der Waals surface area contributed by atoms with Crippen LogP contribution in [-0.2, 0) is 4.79 Å². The third-order valence-corrected chi connectivity index (χ3v) is 6.50. The predicted octanol–water partition coefficient (Wildman–Crippen LogP) is 6.61. The van der Waals surface area contributed by atoms with Crippen LogP contribution in [0, 0.1) is 6.92 Å². The number of benzene rings is 3. The Labute approximate surface area is 193 Å². The van der Waals surface area contributed by atoms with Crippen LogP contribution in [-0.4, -0.2) is 19.6 Å². The van der Waals surface area contributed by atoms with Crippen molar-refractivity contribution in [1.29, 1.82) is 0 Å². The number of rotatable bonds is 7. The Hall–Kier alpha value is -3.18. The summed E-state index contributed by atoms with van der Waals surface area (Å²) in [5, 5.41) is -0.137. The molecule has 3 aromatic carbocycles. The maximum atomic E-state index is 13.5. The van der Waals surface area contributed by atoms with Crippen LogP contribution in [0.2, 0.25) is 0 Å². The molecular weight excluding hydrogens is 418 g/mol. The van der Waals surface area contributed by atoms with Crippen LogP contribution in [0.3, 0.4) is 0 Å². The number of hydrogen-bond acceptors (Lipinski definition) is 4. The number of anilines is 1. The molecule has 0 saturated carbocycles. The molecule has 0 aromatic heterocycles. The van der Waals surface area contributed by atoms with Crippen LogP contribution in [0.25, 0.3) is 6.08 Å². The predicted molar refractivity (Wildman–Crippen MR) is 132 cm³/mol. The molecule has 5 heteroatoms. The Balaban J connectivity index is 1.70. The van der Waals surface area contributed by atoms with E-state index in [2.05, 4.69) is 38.1 Å². The van der Waals surface area contributed by atoms with E-state index in [1.165, 1.54) is 5.56 Å². The monoisotopic (exact) mass is 445 g/mol. The van der Waals surface area contributed by atoms with Crippen LogP contribution in [0.4, 0.5) is 5.69 Å². The van der Waals surface area contributed by atoms with E-state index in [4.69, 9.17) is 9.47 Å². The van der Waals surface area contributed by atoms with E-state index in [1.54, 1.807) is 18.9 Å². The molecule has 1 aliphatic rings. The van der Waals surface area contributed by atoms with Crippen molar-refractivity contribution >= 4 is 29.4 Å². The first-order valence-electron chi connectivity index (χ1n) is 10.7. The van der Waals surface area contributed by atoms with E-state index >= 15 is 0 Å². The highest BCUT2D eigenvalue weighted by Crippen LogP contribution is 2.48. The van der Waals surface area contributed by atoms with Gasteiger partial charge in [0.1, 0.15) is 16.9 Å². The average Bonchev–Trinajstić information content (AvgIpc) is 3.14. The normalized spacial score (nSPS) is 17.1. The lowest BCUT2D eigenvalue weighted by Crippen LogP contribution is -2.27. The second kappa shape index (κ2) is 9.96. The van der Waals surface area contributed by atoms with Crippen LogP contribution in [0.15, 0.2) is 77.7 Å². The molecule has 1 saturated heterocycles. The Kier molecular flexibility index (Phi) is 6.86. The van der Waals surface area contributed by atoms with E-state index in [9.17, 15) is 4.79 Å². The standard InChI is InChI=1S/C27H27NO3S/c1-4-16-31-24-7-5-6-20(17-24)18-25-26(29)28(22-12-14-23(30-3)15-13-22)27(32-25)21-10-8-19(2)9-11-21/h5-15,17-18,27H,4,16H2,1-3H3/b25-18+. The van der Waals surface area contributed by atoms with Crippen LogP contribution in [0.1, 0.15) is 35.4 Å². The Morgan fingerprint density at radius 1 is 1.00 bits per heavy atom. The number of aryl methyl sites for hydroxylation is 1. The van der Waals surface area contributed by atoms with Crippen molar-refractivity contribution < 1.29 is 14.3 Å². The number of hydrogen-bond donors (Lipinski definition) is 0. The molecule has 0 bridgehead atoms. The molecule has 1 atom stereocenters. The molecular formula is C27H27NO3S. The lowest BCUT2D eigenvalue weighted by atomic mass is 10.1. The van der Waals surface area contributed by atoms with Gasteiger partial charge in [0.05, 0.1) is 18.6 Å². The van der Waals surface area contributed by atoms with Crippen molar-refractivity contribution in [2.45, 2.75) is 25.6 Å². The quantitative estimate of drug-likeness (QED) is 0.384. The van der Waals surface area contributed by atoms with Gasteiger partial charge in [-0.25, -0.2) is 0 Å². The van der Waals surface area contributed by atoms with Gasteiger partial charge in [-0.3, -0.25) is 9.69 Å². The van der Waals surface area contributed by atoms with Crippen molar-refractivity contribution in [1.82, 2.24) is 0 Å². The third kappa shape index (κ3) is 4.83. The van der Waals surface area contributed by atoms with Gasteiger partial charge in [0, 0.05) is 5.69 Å². The highest BCUT2D eigenvalue weighted by atomic mass is 32.2. The molecule has 0 N–H and O–H groups in total. The summed E-state index contributed by atoms with van der Waals surface area (Å²) < 4.78 is 11.0. The summed E-state index contributed by atoms with van der Waals surface area (Å²) in [7, 11) is 1.64. The maximum Gasteiger partial charge on any atom is 0.266 e. The summed E-state index contributed by atoms with van der Waals surface area (Å²) in [5.41, 5.74) is 4.08. The lowest BCUT2D eigenvalue weighted by molar-refractivity contribution is -0.114. The smallest absolute Gasteiger partial charge is 0.266 e. The first kappa shape index (κ1) is 22.0. The molecule has 164 valence electrons. The Morgan fingerprint density at radius 3 is 2.44 bits per heavy atom. The largest absolute Gasteiger partial charge is 0.497 e. The third-order valence-electron chi connectivity index (χ3n) is 5.24. The molecule has 4 nitrogen and oxygen atoms in total. The molecule has 3 aromatic rings. The van der Waals surface area contributed by atoms with Crippen molar-refractivity contribution in [3.63, 3.8) is 0 Å². The fraction of sp³-hybridized carbons (Fsp3) is 0.222. The van der Waals surface area contributed by atoms with E-state index in [0.717, 1.165) is 34.7 Å². The number of methoxy groups -OCH3 is 1. The first-order chi connectivity index (χ1) is 15.6. The van der Waals surface area contributed by atoms with Gasteiger partial charge in [-0.05, 0) is 66.9 Å². The summed E-state index contributed by atoms with van der Waals surface area (Å²) in [5.74, 6) is 1.57. The minimum Gasteiger partial charge on any atom is -0.497 e. The first-order valence-corrected chi connectivity index (χ1v) is 11.6. The van der Waals surface area contributed by atoms with Gasteiger partial charge < -0.3 is 9.47 Å². The number of nitrogens with zero attached hydrogens (tertiary/aromatic N) is 1. The summed E-state index contributed by atoms with van der Waals surface area (Å²) >= 11 is 1.57. The zero-order valence-corrected chi connectivity index (χ0v) is 19.4. The van der Waals surface area contributed by atoms with E-state index in [0.29, 0.717) is 11.5 Å². The van der Waals surface area contributed by atoms with E-state index < -0.39 is 0 Å². The number of carbonyl (C=O) groups is 1. The molecule has 1 amide bonds. The van der Waals surface area contributed by atoms with Crippen molar-refractivity contribution in [3.05, 3.63) is 94.4 Å². The molecule has 1 fully saturated rings. The van der Waals surface area contributed by atoms with Gasteiger partial charge in [0.15, 0.2) is 0 Å². The molecule has 0 spiro atoms. The van der Waals surface area contributed by atoms with Crippen LogP contribution >= 0.6 is 11.8 Å². The highest BCUT2D eigenvalue weighted by Gasteiger charge is 2.38. The summed E-state index contributed by atoms with van der Waals surface area (Å²) in [6.45, 7) is 4.82. The lowest BCUT2D eigenvalue weighted by Gasteiger charge is -2.24. The number of carbonyl (C=O) groups excluding carboxylic acids is 1. The molecule has 0 radical (unpaired) electrons. The van der Waals surface area contributed by atoms with Crippen LogP contribution < -0.4 is 14.4 Å². The molecule has 32 heavy (non-hydrogen) atoms. The average molecular weight is 446 g/mol. The molecule has 1 unspecified atom stereocenters. The number of thioether (sulfide) groups is 1. The summed E-state index contributed by atoms with van der Waals surface area (Å²) in [6, 6.07) is 23.9. The molecule has 0 aliphatic carbocycles. The topological polar surface area (TPSA) is 38.8 Å². The van der Waals surface area contributed by atoms with E-state index in [-0.39, 0.29) is 11.3 Å². The molecule has 1 aliphatic heterocycles. The molecule has 1 heterocycles. The number of amides is 1. The zero-order valence-electron chi connectivity index (χ0n) is 18.6. The van der Waals surface area contributed by atoms with Gasteiger partial charge in [0.2, 0.25) is 0 Å². The molecule has 4 rings (SSSR count). The second-order valence-electron chi connectivity index (χ2n) is 7.68. The zero-order chi connectivity index (χ0) is 22.5. The number of ether oxygens (including phenoxy) is 2. The second-order valence-corrected chi connectivity index (χ2v) is 8.81. The fourth-order valence-electron chi connectivity index (χ4n) is 3.55. The fourth-order valence-corrected chi connectivity index (χ4v) is 4.81. The SMILES string of the molecule is CCCOc1cccc(/C=C2/SC(c3ccc(C)cc3)N(c3ccc(OC)cc3)C2=O)c1. The van der Waals surface area contributed by atoms with Crippen molar-refractivity contribution in [3.8, 4) is 11.5 Å². The minimum atomic E-state index is -0.137. The minimum absolute atomic E-state index is 0.00868. The van der Waals surface area contributed by atoms with Gasteiger partial charge in [-0.2, -0.15) is 0 Å². The maximum absolute atomic E-state index is 13.5. The van der Waals surface area contributed by atoms with Gasteiger partial charge in [-0.15, -0.1) is 0 Å². The van der Waals surface area contributed by atoms with Gasteiger partial charge >= 0.3 is 0 Å². The summed E-state index contributed by atoms with van der Waals surface area (Å²) in [4.78, 5) is 16.1. The van der Waals surface area contributed by atoms with Crippen molar-refractivity contribution in [2.75, 3.05) is 18.6 Å². The van der Waals surface area contributed by atoms with Crippen molar-refractivity contribution in [2.24, 2.45) is 0 Å². The van der Waals surface area contributed by atoms with Gasteiger partial charge in [-0.1, -0.05) is 60.6 Å². The Bertz CT molecular complexity index is 1110. The van der Waals surface area contributed by atoms with Gasteiger partial charge in [0.25, 0.3) is 5.91 Å². The van der Waals surface area contributed by atoms with Crippen LogP contribution in [0.5, 0.6) is 11.5 Å².